The summed E-state index contributed by atoms with van der Waals surface area (Å²) in [7, 11) is 0. The van der Waals surface area contributed by atoms with Crippen LogP contribution in [0.4, 0.5) is 0 Å². The van der Waals surface area contributed by atoms with Gasteiger partial charge in [-0.25, -0.2) is 4.79 Å². The molecule has 1 aliphatic carbocycles. The van der Waals surface area contributed by atoms with Gasteiger partial charge in [0.25, 0.3) is 5.91 Å². The molecule has 3 rings (SSSR count). The Morgan fingerprint density at radius 1 is 1.48 bits per heavy atom. The Morgan fingerprint density at radius 3 is 2.76 bits per heavy atom. The molecule has 0 spiro atoms. The fourth-order valence-electron chi connectivity index (χ4n) is 3.33. The van der Waals surface area contributed by atoms with E-state index in [1.165, 1.54) is 0 Å². The summed E-state index contributed by atoms with van der Waals surface area (Å²) in [4.78, 5) is 26.2. The van der Waals surface area contributed by atoms with Gasteiger partial charge in [0, 0.05) is 23.3 Å². The van der Waals surface area contributed by atoms with Gasteiger partial charge < -0.3 is 14.6 Å². The number of carbonyl (C=O) groups is 2. The van der Waals surface area contributed by atoms with Gasteiger partial charge in [0.1, 0.15) is 11.2 Å². The summed E-state index contributed by atoms with van der Waals surface area (Å²) in [5, 5.41) is 9.62. The number of likely N-dealkylation sites (tertiary alicyclic amines) is 1. The maximum atomic E-state index is 12.9. The Bertz CT molecular complexity index is 594. The molecule has 2 fully saturated rings. The summed E-state index contributed by atoms with van der Waals surface area (Å²) in [5.74, 6) is -1.05. The van der Waals surface area contributed by atoms with E-state index in [1.54, 1.807) is 11.0 Å². The Kier molecular flexibility index (Phi) is 3.59. The molecule has 1 aliphatic heterocycles. The zero-order chi connectivity index (χ0) is 15.2. The third-order valence-corrected chi connectivity index (χ3v) is 5.13. The molecule has 1 unspecified atom stereocenters. The van der Waals surface area contributed by atoms with E-state index in [2.05, 4.69) is 15.9 Å². The van der Waals surface area contributed by atoms with E-state index in [4.69, 9.17) is 0 Å². The monoisotopic (exact) mass is 354 g/mol. The zero-order valence-electron chi connectivity index (χ0n) is 12.0. The lowest BCUT2D eigenvalue weighted by molar-refractivity contribution is -0.148. The SMILES string of the molecule is CCC1(C(=O)O)CCCN1C(=O)c1cc(Br)cn1C1CC1. The molecule has 6 heteroatoms. The van der Waals surface area contributed by atoms with Crippen LogP contribution < -0.4 is 0 Å². The summed E-state index contributed by atoms with van der Waals surface area (Å²) in [6, 6.07) is 2.19. The molecular weight excluding hydrogens is 336 g/mol. The smallest absolute Gasteiger partial charge is 0.329 e. The van der Waals surface area contributed by atoms with Crippen LogP contribution in [0.3, 0.4) is 0 Å². The molecule has 0 bridgehead atoms. The van der Waals surface area contributed by atoms with Crippen molar-refractivity contribution in [2.24, 2.45) is 0 Å². The fourth-order valence-corrected chi connectivity index (χ4v) is 3.76. The van der Waals surface area contributed by atoms with E-state index < -0.39 is 11.5 Å². The van der Waals surface area contributed by atoms with Crippen molar-refractivity contribution in [3.63, 3.8) is 0 Å². The molecule has 1 N–H and O–H groups in total. The van der Waals surface area contributed by atoms with Crippen molar-refractivity contribution in [1.29, 1.82) is 0 Å². The summed E-state index contributed by atoms with van der Waals surface area (Å²) in [6.45, 7) is 2.36. The summed E-state index contributed by atoms with van der Waals surface area (Å²) in [6.07, 6.45) is 5.82. The molecular formula is C15H19BrN2O3. The predicted octanol–water partition coefficient (Wildman–Crippen LogP) is 3.05. The maximum Gasteiger partial charge on any atom is 0.329 e. The quantitative estimate of drug-likeness (QED) is 0.903. The summed E-state index contributed by atoms with van der Waals surface area (Å²) >= 11 is 3.42. The van der Waals surface area contributed by atoms with E-state index in [-0.39, 0.29) is 5.91 Å². The maximum absolute atomic E-state index is 12.9. The number of rotatable bonds is 4. The van der Waals surface area contributed by atoms with Crippen LogP contribution in [0.5, 0.6) is 0 Å². The molecule has 21 heavy (non-hydrogen) atoms. The van der Waals surface area contributed by atoms with Crippen LogP contribution in [0.25, 0.3) is 0 Å². The molecule has 1 aromatic rings. The second-order valence-electron chi connectivity index (χ2n) is 5.93. The number of amides is 1. The molecule has 1 amide bonds. The first-order valence-corrected chi connectivity index (χ1v) is 8.21. The van der Waals surface area contributed by atoms with Gasteiger partial charge >= 0.3 is 5.97 Å². The normalized spacial score (nSPS) is 25.3. The third-order valence-electron chi connectivity index (χ3n) is 4.69. The van der Waals surface area contributed by atoms with Gasteiger partial charge in [-0.3, -0.25) is 4.79 Å². The third kappa shape index (κ3) is 2.29. The number of carbonyl (C=O) groups excluding carboxylic acids is 1. The number of aromatic nitrogens is 1. The largest absolute Gasteiger partial charge is 0.479 e. The van der Waals surface area contributed by atoms with Crippen molar-refractivity contribution in [2.75, 3.05) is 6.54 Å². The molecule has 2 heterocycles. The Balaban J connectivity index is 1.96. The lowest BCUT2D eigenvalue weighted by atomic mass is 9.93. The minimum absolute atomic E-state index is 0.158. The van der Waals surface area contributed by atoms with Crippen LogP contribution in [0, 0.1) is 0 Å². The van der Waals surface area contributed by atoms with Crippen LogP contribution in [0.15, 0.2) is 16.7 Å². The number of aliphatic carboxylic acids is 1. The van der Waals surface area contributed by atoms with Crippen molar-refractivity contribution in [1.82, 2.24) is 9.47 Å². The molecule has 1 atom stereocenters. The van der Waals surface area contributed by atoms with E-state index in [9.17, 15) is 14.7 Å². The lowest BCUT2D eigenvalue weighted by Gasteiger charge is -2.34. The van der Waals surface area contributed by atoms with Crippen molar-refractivity contribution >= 4 is 27.8 Å². The average molecular weight is 355 g/mol. The fraction of sp³-hybridized carbons (Fsp3) is 0.600. The minimum Gasteiger partial charge on any atom is -0.479 e. The van der Waals surface area contributed by atoms with Crippen LogP contribution in [0.2, 0.25) is 0 Å². The van der Waals surface area contributed by atoms with Gasteiger partial charge in [0.15, 0.2) is 0 Å². The highest BCUT2D eigenvalue weighted by molar-refractivity contribution is 9.10. The molecule has 114 valence electrons. The predicted molar refractivity (Wildman–Crippen MR) is 81.3 cm³/mol. The van der Waals surface area contributed by atoms with Gasteiger partial charge in [0.2, 0.25) is 0 Å². The number of hydrogen-bond donors (Lipinski definition) is 1. The number of carboxylic acid groups (broad SMARTS) is 1. The van der Waals surface area contributed by atoms with E-state index >= 15 is 0 Å². The first-order valence-electron chi connectivity index (χ1n) is 7.42. The van der Waals surface area contributed by atoms with Gasteiger partial charge in [-0.1, -0.05) is 6.92 Å². The summed E-state index contributed by atoms with van der Waals surface area (Å²) in [5.41, 5.74) is -0.437. The average Bonchev–Trinajstić information content (AvgIpc) is 3.08. The Labute approximate surface area is 132 Å². The molecule has 1 saturated carbocycles. The Hall–Kier alpha value is -1.30. The molecule has 2 aliphatic rings. The van der Waals surface area contributed by atoms with Gasteiger partial charge in [-0.05, 0) is 54.1 Å². The highest BCUT2D eigenvalue weighted by Gasteiger charge is 2.49. The molecule has 1 aromatic heterocycles. The number of carboxylic acids is 1. The first kappa shape index (κ1) is 14.6. The highest BCUT2D eigenvalue weighted by atomic mass is 79.9. The topological polar surface area (TPSA) is 62.5 Å². The molecule has 0 radical (unpaired) electrons. The van der Waals surface area contributed by atoms with Crippen LogP contribution in [-0.2, 0) is 4.79 Å². The van der Waals surface area contributed by atoms with Crippen LogP contribution >= 0.6 is 15.9 Å². The van der Waals surface area contributed by atoms with Crippen molar-refractivity contribution in [3.8, 4) is 0 Å². The standard InChI is InChI=1S/C15H19BrN2O3/c1-2-15(14(20)21)6-3-7-18(15)13(19)12-8-10(16)9-17(12)11-4-5-11/h8-9,11H,2-7H2,1H3,(H,20,21). The van der Waals surface area contributed by atoms with Crippen molar-refractivity contribution in [3.05, 3.63) is 22.4 Å². The van der Waals surface area contributed by atoms with E-state index in [0.29, 0.717) is 31.1 Å². The highest BCUT2D eigenvalue weighted by Crippen LogP contribution is 2.39. The van der Waals surface area contributed by atoms with E-state index in [0.717, 1.165) is 23.7 Å². The number of nitrogens with zero attached hydrogens (tertiary/aromatic N) is 2. The van der Waals surface area contributed by atoms with Crippen molar-refractivity contribution in [2.45, 2.75) is 50.6 Å². The number of halogens is 1. The zero-order valence-corrected chi connectivity index (χ0v) is 13.6. The van der Waals surface area contributed by atoms with Crippen molar-refractivity contribution < 1.29 is 14.7 Å². The first-order chi connectivity index (χ1) is 9.99. The van der Waals surface area contributed by atoms with E-state index in [1.807, 2.05) is 17.7 Å². The van der Waals surface area contributed by atoms with Crippen LogP contribution in [0.1, 0.15) is 55.6 Å². The van der Waals surface area contributed by atoms with Gasteiger partial charge in [-0.2, -0.15) is 0 Å². The second kappa shape index (κ2) is 5.16. The number of hydrogen-bond acceptors (Lipinski definition) is 2. The molecule has 1 saturated heterocycles. The summed E-state index contributed by atoms with van der Waals surface area (Å²) < 4.78 is 2.86. The lowest BCUT2D eigenvalue weighted by Crippen LogP contribution is -2.53. The van der Waals surface area contributed by atoms with Gasteiger partial charge in [-0.15, -0.1) is 0 Å². The van der Waals surface area contributed by atoms with Crippen LogP contribution in [-0.4, -0.2) is 38.5 Å². The molecule has 5 nitrogen and oxygen atoms in total. The molecule has 0 aromatic carbocycles. The van der Waals surface area contributed by atoms with Gasteiger partial charge in [0.05, 0.1) is 0 Å². The second-order valence-corrected chi connectivity index (χ2v) is 6.85. The Morgan fingerprint density at radius 2 is 2.19 bits per heavy atom. The minimum atomic E-state index is -1.04.